The van der Waals surface area contributed by atoms with Crippen molar-refractivity contribution < 1.29 is 4.79 Å². The molecule has 3 saturated carbocycles. The lowest BCUT2D eigenvalue weighted by Crippen LogP contribution is -2.53. The molecule has 1 nitrogen and oxygen atoms in total. The van der Waals surface area contributed by atoms with E-state index in [4.69, 9.17) is 0 Å². The minimum absolute atomic E-state index is 0.0453. The molecule has 20 heavy (non-hydrogen) atoms. The highest BCUT2D eigenvalue weighted by atomic mass is 32.2. The molecule has 0 radical (unpaired) electrons. The fourth-order valence-corrected chi connectivity index (χ4v) is 10.3. The summed E-state index contributed by atoms with van der Waals surface area (Å²) in [5.41, 5.74) is 0.301. The molecule has 4 rings (SSSR count). The fraction of sp³-hybridized carbons (Fsp3) is 0.833. The van der Waals surface area contributed by atoms with Gasteiger partial charge in [0, 0.05) is 18.8 Å². The Balaban J connectivity index is 1.79. The molecule has 0 spiro atoms. The summed E-state index contributed by atoms with van der Waals surface area (Å²) in [4.78, 5) is 13.0. The van der Waals surface area contributed by atoms with Crippen molar-refractivity contribution in [3.8, 4) is 0 Å². The molecule has 1 heterocycles. The molecule has 1 unspecified atom stereocenters. The fourth-order valence-electron chi connectivity index (χ4n) is 6.39. The van der Waals surface area contributed by atoms with Crippen molar-refractivity contribution in [1.29, 1.82) is 0 Å². The van der Waals surface area contributed by atoms with Gasteiger partial charge in [0.05, 0.1) is 5.41 Å². The largest absolute Gasteiger partial charge is 0.299 e. The van der Waals surface area contributed by atoms with Crippen molar-refractivity contribution in [3.05, 3.63) is 12.7 Å². The third-order valence-corrected chi connectivity index (χ3v) is 10.7. The van der Waals surface area contributed by atoms with Crippen LogP contribution in [0.25, 0.3) is 0 Å². The van der Waals surface area contributed by atoms with Gasteiger partial charge in [0.15, 0.2) is 0 Å². The maximum atomic E-state index is 13.0. The third kappa shape index (κ3) is 1.35. The standard InChI is InChI=1S/C18H27OS/c1-4-9-20-14-6-5-12(10-14)16(20)18-8-7-13(11-15(18)19)17(18,2)3/h4,12-14,16H,1,5-11H2,2-3H3/q+1/t12-,13-,14+,16+,18+,20?/m1/s1. The molecule has 2 heteroatoms. The van der Waals surface area contributed by atoms with E-state index >= 15 is 0 Å². The first-order chi connectivity index (χ1) is 9.52. The summed E-state index contributed by atoms with van der Waals surface area (Å²) in [7, 11) is 0.438. The average molecular weight is 291 g/mol. The maximum Gasteiger partial charge on any atom is 0.144 e. The lowest BCUT2D eigenvalue weighted by molar-refractivity contribution is -0.130. The van der Waals surface area contributed by atoms with Gasteiger partial charge in [0.2, 0.25) is 0 Å². The van der Waals surface area contributed by atoms with Crippen LogP contribution < -0.4 is 0 Å². The number of hydrogen-bond donors (Lipinski definition) is 0. The molecule has 0 aromatic heterocycles. The molecule has 110 valence electrons. The van der Waals surface area contributed by atoms with Crippen molar-refractivity contribution in [3.63, 3.8) is 0 Å². The van der Waals surface area contributed by atoms with Crippen molar-refractivity contribution in [2.24, 2.45) is 22.7 Å². The summed E-state index contributed by atoms with van der Waals surface area (Å²) in [5.74, 6) is 3.33. The summed E-state index contributed by atoms with van der Waals surface area (Å²) in [6.07, 6.45) is 9.74. The first-order valence-electron chi connectivity index (χ1n) is 8.35. The molecule has 0 aromatic carbocycles. The quantitative estimate of drug-likeness (QED) is 0.572. The Bertz CT molecular complexity index is 468. The van der Waals surface area contributed by atoms with Gasteiger partial charge in [0.25, 0.3) is 0 Å². The van der Waals surface area contributed by atoms with Crippen LogP contribution >= 0.6 is 0 Å². The highest BCUT2D eigenvalue weighted by Gasteiger charge is 2.75. The number of carbonyl (C=O) groups excluding carboxylic acids is 1. The zero-order chi connectivity index (χ0) is 14.1. The van der Waals surface area contributed by atoms with Gasteiger partial charge in [-0.3, -0.25) is 4.79 Å². The molecule has 0 N–H and O–H groups in total. The molecular weight excluding hydrogens is 264 g/mol. The lowest BCUT2D eigenvalue weighted by Gasteiger charge is -2.43. The Morgan fingerprint density at radius 2 is 2.15 bits per heavy atom. The second kappa shape index (κ2) is 4.15. The Morgan fingerprint density at radius 3 is 2.75 bits per heavy atom. The minimum atomic E-state index is 0.0453. The summed E-state index contributed by atoms with van der Waals surface area (Å²) >= 11 is 0. The Hall–Kier alpha value is -0.240. The maximum absolute atomic E-state index is 13.0. The van der Waals surface area contributed by atoms with Crippen molar-refractivity contribution in [1.82, 2.24) is 0 Å². The summed E-state index contributed by atoms with van der Waals surface area (Å²) in [5, 5.41) is 1.62. The van der Waals surface area contributed by atoms with E-state index < -0.39 is 0 Å². The van der Waals surface area contributed by atoms with Gasteiger partial charge in [-0.2, -0.15) is 0 Å². The van der Waals surface area contributed by atoms with E-state index in [0.717, 1.165) is 17.6 Å². The number of rotatable bonds is 3. The van der Waals surface area contributed by atoms with Gasteiger partial charge in [-0.1, -0.05) is 20.4 Å². The smallest absolute Gasteiger partial charge is 0.144 e. The molecule has 4 fully saturated rings. The van der Waals surface area contributed by atoms with Crippen molar-refractivity contribution >= 4 is 16.7 Å². The monoisotopic (exact) mass is 291 g/mol. The van der Waals surface area contributed by atoms with Gasteiger partial charge in [-0.15, -0.1) is 0 Å². The number of Topliss-reactive ketones (excluding diaryl/α,β-unsaturated/α-hetero) is 1. The van der Waals surface area contributed by atoms with E-state index in [-0.39, 0.29) is 10.8 Å². The first-order valence-corrected chi connectivity index (χ1v) is 9.87. The van der Waals surface area contributed by atoms with E-state index in [0.29, 0.717) is 27.8 Å². The van der Waals surface area contributed by atoms with E-state index in [1.165, 1.54) is 37.9 Å². The number of ketones is 1. The summed E-state index contributed by atoms with van der Waals surface area (Å²) in [6.45, 7) is 8.83. The zero-order valence-electron chi connectivity index (χ0n) is 12.9. The minimum Gasteiger partial charge on any atom is -0.299 e. The molecule has 4 bridgehead atoms. The van der Waals surface area contributed by atoms with E-state index in [1.54, 1.807) is 0 Å². The van der Waals surface area contributed by atoms with Crippen LogP contribution in [0.4, 0.5) is 0 Å². The van der Waals surface area contributed by atoms with Crippen molar-refractivity contribution in [2.45, 2.75) is 62.9 Å². The van der Waals surface area contributed by atoms with Crippen LogP contribution in [0.1, 0.15) is 52.4 Å². The first kappa shape index (κ1) is 13.4. The normalized spacial score (nSPS) is 51.9. The molecule has 3 aliphatic carbocycles. The summed E-state index contributed by atoms with van der Waals surface area (Å²) in [6, 6.07) is 0. The highest BCUT2D eigenvalue weighted by molar-refractivity contribution is 7.98. The van der Waals surface area contributed by atoms with E-state index in [9.17, 15) is 4.79 Å². The van der Waals surface area contributed by atoms with Gasteiger partial charge in [-0.25, -0.2) is 0 Å². The summed E-state index contributed by atoms with van der Waals surface area (Å²) < 4.78 is 0. The number of fused-ring (bicyclic) bond motifs is 4. The van der Waals surface area contributed by atoms with Crippen LogP contribution in [0.3, 0.4) is 0 Å². The molecule has 0 amide bonds. The predicted octanol–water partition coefficient (Wildman–Crippen LogP) is 3.74. The molecular formula is C18H27OS+. The lowest BCUT2D eigenvalue weighted by atomic mass is 9.64. The third-order valence-electron chi connectivity index (χ3n) is 7.39. The van der Waals surface area contributed by atoms with Crippen LogP contribution in [-0.2, 0) is 15.7 Å². The van der Waals surface area contributed by atoms with Crippen LogP contribution in [0.5, 0.6) is 0 Å². The molecule has 0 aromatic rings. The van der Waals surface area contributed by atoms with E-state index in [2.05, 4.69) is 26.5 Å². The SMILES string of the molecule is C=CC[S+]1[C@H]2CC[C@H](C2)[C@H]1[C@]12CC[C@H](CC1=O)C2(C)C. The topological polar surface area (TPSA) is 17.1 Å². The molecule has 4 aliphatic rings. The van der Waals surface area contributed by atoms with E-state index in [1.807, 2.05) is 0 Å². The van der Waals surface area contributed by atoms with Crippen LogP contribution in [0.15, 0.2) is 12.7 Å². The second-order valence-electron chi connectivity index (χ2n) is 8.10. The molecule has 1 saturated heterocycles. The average Bonchev–Trinajstić information content (AvgIpc) is 3.09. The highest BCUT2D eigenvalue weighted by Crippen LogP contribution is 2.70. The molecule has 1 aliphatic heterocycles. The zero-order valence-corrected chi connectivity index (χ0v) is 13.7. The van der Waals surface area contributed by atoms with Gasteiger partial charge in [0.1, 0.15) is 22.0 Å². The van der Waals surface area contributed by atoms with Crippen LogP contribution in [-0.4, -0.2) is 22.0 Å². The van der Waals surface area contributed by atoms with Crippen LogP contribution in [0, 0.1) is 22.7 Å². The Kier molecular flexibility index (Phi) is 2.79. The second-order valence-corrected chi connectivity index (χ2v) is 10.5. The van der Waals surface area contributed by atoms with Crippen molar-refractivity contribution in [2.75, 3.05) is 5.75 Å². The Labute approximate surface area is 125 Å². The van der Waals surface area contributed by atoms with Gasteiger partial charge in [-0.05, 0) is 54.0 Å². The van der Waals surface area contributed by atoms with Crippen LogP contribution in [0.2, 0.25) is 0 Å². The predicted molar refractivity (Wildman–Crippen MR) is 85.9 cm³/mol. The van der Waals surface area contributed by atoms with Gasteiger partial charge < -0.3 is 0 Å². The molecule has 6 atom stereocenters. The number of hydrogen-bond acceptors (Lipinski definition) is 1. The van der Waals surface area contributed by atoms with Gasteiger partial charge >= 0.3 is 0 Å². The number of carbonyl (C=O) groups is 1. The Morgan fingerprint density at radius 1 is 1.35 bits per heavy atom.